The van der Waals surface area contributed by atoms with Gasteiger partial charge in [0.25, 0.3) is 5.91 Å². The maximum atomic E-state index is 13.0. The van der Waals surface area contributed by atoms with Gasteiger partial charge in [-0.05, 0) is 72.5 Å². The van der Waals surface area contributed by atoms with Crippen LogP contribution in [0.4, 0.5) is 0 Å². The van der Waals surface area contributed by atoms with Crippen LogP contribution in [0.2, 0.25) is 0 Å². The molecular weight excluding hydrogens is 465 g/mol. The van der Waals surface area contributed by atoms with Gasteiger partial charge in [-0.2, -0.15) is 0 Å². The number of hydrogen-bond donors (Lipinski definition) is 0. The van der Waals surface area contributed by atoms with Crippen molar-refractivity contribution >= 4 is 34.5 Å². The number of allylic oxidation sites excluding steroid dienone is 1. The molecule has 2 aromatic carbocycles. The highest BCUT2D eigenvalue weighted by Crippen LogP contribution is 2.17. The number of amides is 1. The standard InChI is InChI=1S/C23H26INO3/c1-2-28-22(26)16-8-3-4-11-17-25(18-20-14-9-10-15-21(20)24)23(27)19-12-6-5-7-13-19/h5-10,12-16H,2-4,11,17-18H2,1H3/b16-8-. The Labute approximate surface area is 180 Å². The summed E-state index contributed by atoms with van der Waals surface area (Å²) in [6.45, 7) is 3.44. The van der Waals surface area contributed by atoms with Gasteiger partial charge in [-0.15, -0.1) is 0 Å². The molecule has 0 N–H and O–H groups in total. The highest BCUT2D eigenvalue weighted by molar-refractivity contribution is 14.1. The van der Waals surface area contributed by atoms with Crippen LogP contribution in [-0.2, 0) is 16.1 Å². The van der Waals surface area contributed by atoms with Crippen molar-refractivity contribution in [3.05, 3.63) is 81.4 Å². The van der Waals surface area contributed by atoms with Crippen LogP contribution in [0.3, 0.4) is 0 Å². The minimum Gasteiger partial charge on any atom is -0.463 e. The molecule has 1 amide bonds. The molecule has 28 heavy (non-hydrogen) atoms. The SMILES string of the molecule is CCOC(=O)/C=C\CCCCN(Cc1ccccc1I)C(=O)c1ccccc1. The molecule has 0 heterocycles. The van der Waals surface area contributed by atoms with E-state index in [2.05, 4.69) is 34.7 Å². The van der Waals surface area contributed by atoms with E-state index in [1.54, 1.807) is 6.92 Å². The number of rotatable bonds is 10. The van der Waals surface area contributed by atoms with Crippen LogP contribution in [0, 0.1) is 3.57 Å². The van der Waals surface area contributed by atoms with Crippen molar-refractivity contribution in [3.8, 4) is 0 Å². The third kappa shape index (κ3) is 7.46. The van der Waals surface area contributed by atoms with E-state index in [1.807, 2.05) is 53.4 Å². The molecule has 0 aromatic heterocycles. The van der Waals surface area contributed by atoms with E-state index in [0.29, 0.717) is 25.3 Å². The number of esters is 1. The lowest BCUT2D eigenvalue weighted by atomic mass is 10.1. The fourth-order valence-electron chi connectivity index (χ4n) is 2.78. The highest BCUT2D eigenvalue weighted by atomic mass is 127. The van der Waals surface area contributed by atoms with Gasteiger partial charge in [0.2, 0.25) is 0 Å². The zero-order valence-electron chi connectivity index (χ0n) is 16.1. The summed E-state index contributed by atoms with van der Waals surface area (Å²) in [5.41, 5.74) is 1.85. The van der Waals surface area contributed by atoms with Gasteiger partial charge in [0.15, 0.2) is 0 Å². The Balaban J connectivity index is 1.96. The molecule has 4 nitrogen and oxygen atoms in total. The predicted molar refractivity (Wildman–Crippen MR) is 120 cm³/mol. The minimum atomic E-state index is -0.304. The number of ether oxygens (including phenoxy) is 1. The molecule has 0 bridgehead atoms. The molecule has 0 aliphatic carbocycles. The van der Waals surface area contributed by atoms with E-state index in [-0.39, 0.29) is 11.9 Å². The topological polar surface area (TPSA) is 46.6 Å². The second kappa shape index (κ2) is 12.3. The van der Waals surface area contributed by atoms with Gasteiger partial charge in [-0.1, -0.05) is 42.5 Å². The molecule has 0 spiro atoms. The van der Waals surface area contributed by atoms with Crippen LogP contribution in [0.5, 0.6) is 0 Å². The summed E-state index contributed by atoms with van der Waals surface area (Å²) >= 11 is 2.31. The molecule has 0 unspecified atom stereocenters. The molecule has 0 saturated carbocycles. The molecule has 2 aromatic rings. The second-order valence-corrected chi connectivity index (χ2v) is 7.50. The first-order chi connectivity index (χ1) is 13.6. The maximum Gasteiger partial charge on any atom is 0.330 e. The Bertz CT molecular complexity index is 789. The Morgan fingerprint density at radius 3 is 2.46 bits per heavy atom. The first-order valence-electron chi connectivity index (χ1n) is 9.53. The summed E-state index contributed by atoms with van der Waals surface area (Å²) in [4.78, 5) is 26.2. The van der Waals surface area contributed by atoms with Crippen molar-refractivity contribution < 1.29 is 14.3 Å². The number of nitrogens with zero attached hydrogens (tertiary/aromatic N) is 1. The van der Waals surface area contributed by atoms with E-state index >= 15 is 0 Å². The monoisotopic (exact) mass is 491 g/mol. The van der Waals surface area contributed by atoms with Crippen LogP contribution in [0.25, 0.3) is 0 Å². The lowest BCUT2D eigenvalue weighted by Crippen LogP contribution is -2.31. The number of carbonyl (C=O) groups is 2. The van der Waals surface area contributed by atoms with Crippen molar-refractivity contribution in [2.24, 2.45) is 0 Å². The molecule has 0 atom stereocenters. The van der Waals surface area contributed by atoms with Gasteiger partial charge in [0.1, 0.15) is 0 Å². The van der Waals surface area contributed by atoms with Gasteiger partial charge in [-0.25, -0.2) is 4.79 Å². The second-order valence-electron chi connectivity index (χ2n) is 6.33. The normalized spacial score (nSPS) is 10.8. The lowest BCUT2D eigenvalue weighted by Gasteiger charge is -2.23. The number of halogens is 1. The first kappa shape index (κ1) is 22.1. The fraction of sp³-hybridized carbons (Fsp3) is 0.304. The number of carbonyl (C=O) groups excluding carboxylic acids is 2. The molecule has 0 fully saturated rings. The van der Waals surface area contributed by atoms with E-state index in [0.717, 1.165) is 28.4 Å². The molecule has 0 aliphatic heterocycles. The lowest BCUT2D eigenvalue weighted by molar-refractivity contribution is -0.137. The quantitative estimate of drug-likeness (QED) is 0.198. The summed E-state index contributed by atoms with van der Waals surface area (Å²) in [6.07, 6.45) is 5.87. The van der Waals surface area contributed by atoms with Crippen molar-refractivity contribution in [1.82, 2.24) is 4.90 Å². The molecule has 0 radical (unpaired) electrons. The first-order valence-corrected chi connectivity index (χ1v) is 10.6. The van der Waals surface area contributed by atoms with Gasteiger partial charge in [-0.3, -0.25) is 4.79 Å². The Kier molecular flexibility index (Phi) is 9.76. The number of unbranched alkanes of at least 4 members (excludes halogenated alkanes) is 2. The molecule has 2 rings (SSSR count). The molecule has 5 heteroatoms. The molecule has 0 aliphatic rings. The van der Waals surface area contributed by atoms with Crippen molar-refractivity contribution in [2.45, 2.75) is 32.7 Å². The van der Waals surface area contributed by atoms with Crippen LogP contribution in [-0.4, -0.2) is 29.9 Å². The van der Waals surface area contributed by atoms with Crippen molar-refractivity contribution in [3.63, 3.8) is 0 Å². The van der Waals surface area contributed by atoms with Crippen LogP contribution >= 0.6 is 22.6 Å². The number of hydrogen-bond acceptors (Lipinski definition) is 3. The summed E-state index contributed by atoms with van der Waals surface area (Å²) in [6, 6.07) is 17.5. The van der Waals surface area contributed by atoms with E-state index in [1.165, 1.54) is 6.08 Å². The van der Waals surface area contributed by atoms with Gasteiger partial charge in [0, 0.05) is 28.3 Å². The van der Waals surface area contributed by atoms with Crippen LogP contribution < -0.4 is 0 Å². The largest absolute Gasteiger partial charge is 0.463 e. The van der Waals surface area contributed by atoms with Crippen molar-refractivity contribution in [1.29, 1.82) is 0 Å². The maximum absolute atomic E-state index is 13.0. The average Bonchev–Trinajstić information content (AvgIpc) is 2.71. The third-order valence-electron chi connectivity index (χ3n) is 4.22. The summed E-state index contributed by atoms with van der Waals surface area (Å²) in [5.74, 6) is -0.260. The number of benzene rings is 2. The van der Waals surface area contributed by atoms with Gasteiger partial charge < -0.3 is 9.64 Å². The van der Waals surface area contributed by atoms with Gasteiger partial charge >= 0.3 is 5.97 Å². The average molecular weight is 491 g/mol. The minimum absolute atomic E-state index is 0.0438. The van der Waals surface area contributed by atoms with Crippen LogP contribution in [0.15, 0.2) is 66.7 Å². The summed E-state index contributed by atoms with van der Waals surface area (Å²) in [5, 5.41) is 0. The summed E-state index contributed by atoms with van der Waals surface area (Å²) in [7, 11) is 0. The summed E-state index contributed by atoms with van der Waals surface area (Å²) < 4.78 is 6.02. The highest BCUT2D eigenvalue weighted by Gasteiger charge is 2.16. The molecule has 148 valence electrons. The van der Waals surface area contributed by atoms with E-state index in [4.69, 9.17) is 4.74 Å². The molecular formula is C23H26INO3. The zero-order valence-corrected chi connectivity index (χ0v) is 18.3. The van der Waals surface area contributed by atoms with Gasteiger partial charge in [0.05, 0.1) is 6.61 Å². The fourth-order valence-corrected chi connectivity index (χ4v) is 3.34. The zero-order chi connectivity index (χ0) is 20.2. The third-order valence-corrected chi connectivity index (χ3v) is 5.27. The Hall–Kier alpha value is -2.15. The van der Waals surface area contributed by atoms with Crippen LogP contribution in [0.1, 0.15) is 42.1 Å². The Morgan fingerprint density at radius 1 is 1.04 bits per heavy atom. The van der Waals surface area contributed by atoms with E-state index < -0.39 is 0 Å². The van der Waals surface area contributed by atoms with Crippen molar-refractivity contribution in [2.75, 3.05) is 13.2 Å². The molecule has 0 saturated heterocycles. The Morgan fingerprint density at radius 2 is 1.75 bits per heavy atom. The smallest absolute Gasteiger partial charge is 0.330 e. The van der Waals surface area contributed by atoms with E-state index in [9.17, 15) is 9.59 Å². The predicted octanol–water partition coefficient (Wildman–Crippen LogP) is 5.22.